The summed E-state index contributed by atoms with van der Waals surface area (Å²) < 4.78 is 0. The van der Waals surface area contributed by atoms with Crippen molar-refractivity contribution < 1.29 is 0 Å². The number of anilines is 1. The lowest BCUT2D eigenvalue weighted by Gasteiger charge is -2.23. The fourth-order valence-electron chi connectivity index (χ4n) is 2.02. The van der Waals surface area contributed by atoms with Gasteiger partial charge in [-0.15, -0.1) is 11.3 Å². The molecule has 0 unspecified atom stereocenters. The van der Waals surface area contributed by atoms with Crippen molar-refractivity contribution in [3.05, 3.63) is 45.2 Å². The van der Waals surface area contributed by atoms with E-state index in [0.29, 0.717) is 16.8 Å². The Morgan fingerprint density at radius 3 is 2.89 bits per heavy atom. The normalized spacial score (nSPS) is 14.1. The van der Waals surface area contributed by atoms with Crippen molar-refractivity contribution in [3.63, 3.8) is 0 Å². The van der Waals surface area contributed by atoms with Crippen LogP contribution in [-0.4, -0.2) is 11.0 Å². The third-order valence-electron chi connectivity index (χ3n) is 3.13. The summed E-state index contributed by atoms with van der Waals surface area (Å²) in [7, 11) is 0. The zero-order chi connectivity index (χ0) is 13.2. The molecule has 1 saturated carbocycles. The van der Waals surface area contributed by atoms with Gasteiger partial charge in [0, 0.05) is 10.9 Å². The molecule has 2 heterocycles. The Morgan fingerprint density at radius 2 is 2.26 bits per heavy atom. The average molecular weight is 290 g/mol. The molecule has 0 aliphatic heterocycles. The van der Waals surface area contributed by atoms with Gasteiger partial charge < -0.3 is 4.90 Å². The van der Waals surface area contributed by atoms with Gasteiger partial charge in [-0.1, -0.05) is 17.7 Å². The quantitative estimate of drug-likeness (QED) is 0.858. The molecule has 3 nitrogen and oxygen atoms in total. The van der Waals surface area contributed by atoms with E-state index in [0.717, 1.165) is 12.4 Å². The molecular weight excluding hydrogens is 278 g/mol. The highest BCUT2D eigenvalue weighted by Gasteiger charge is 2.30. The summed E-state index contributed by atoms with van der Waals surface area (Å²) in [5, 5.41) is 11.5. The van der Waals surface area contributed by atoms with Gasteiger partial charge in [-0.3, -0.25) is 0 Å². The van der Waals surface area contributed by atoms with Crippen molar-refractivity contribution >= 4 is 28.8 Å². The van der Waals surface area contributed by atoms with Crippen molar-refractivity contribution in [2.24, 2.45) is 0 Å². The topological polar surface area (TPSA) is 39.9 Å². The Labute approximate surface area is 121 Å². The standard InChI is InChI=1S/C14H12ClN3S/c15-12-5-6-14(17-13(12)8-16)18(10-3-4-10)9-11-2-1-7-19-11/h1-2,5-7,10H,3-4,9H2. The number of halogens is 1. The highest BCUT2D eigenvalue weighted by atomic mass is 35.5. The van der Waals surface area contributed by atoms with Crippen LogP contribution in [0.5, 0.6) is 0 Å². The molecule has 96 valence electrons. The molecule has 0 radical (unpaired) electrons. The smallest absolute Gasteiger partial charge is 0.161 e. The van der Waals surface area contributed by atoms with Gasteiger partial charge in [-0.05, 0) is 36.4 Å². The van der Waals surface area contributed by atoms with Crippen LogP contribution >= 0.6 is 22.9 Å². The Morgan fingerprint density at radius 1 is 1.42 bits per heavy atom. The minimum Gasteiger partial charge on any atom is -0.348 e. The molecule has 3 rings (SSSR count). The first-order chi connectivity index (χ1) is 9.28. The summed E-state index contributed by atoms with van der Waals surface area (Å²) in [4.78, 5) is 7.94. The lowest BCUT2D eigenvalue weighted by atomic mass is 10.3. The van der Waals surface area contributed by atoms with E-state index in [1.807, 2.05) is 12.1 Å². The first kappa shape index (κ1) is 12.5. The molecule has 2 aromatic rings. The number of hydrogen-bond donors (Lipinski definition) is 0. The van der Waals surface area contributed by atoms with Crippen LogP contribution in [0, 0.1) is 11.3 Å². The van der Waals surface area contributed by atoms with Crippen LogP contribution in [-0.2, 0) is 6.54 Å². The fraction of sp³-hybridized carbons (Fsp3) is 0.286. The molecule has 2 aromatic heterocycles. The molecule has 0 N–H and O–H groups in total. The molecule has 1 aliphatic carbocycles. The molecule has 1 aliphatic rings. The second kappa shape index (κ2) is 5.20. The summed E-state index contributed by atoms with van der Waals surface area (Å²) in [5.74, 6) is 0.844. The number of pyridine rings is 1. The van der Waals surface area contributed by atoms with E-state index in [2.05, 4.69) is 27.4 Å². The van der Waals surface area contributed by atoms with Gasteiger partial charge in [0.2, 0.25) is 0 Å². The molecule has 0 aromatic carbocycles. The average Bonchev–Trinajstić information content (AvgIpc) is 3.14. The zero-order valence-corrected chi connectivity index (χ0v) is 11.8. The Bertz CT molecular complexity index is 614. The third-order valence-corrected chi connectivity index (χ3v) is 4.29. The van der Waals surface area contributed by atoms with Gasteiger partial charge in [-0.2, -0.15) is 5.26 Å². The van der Waals surface area contributed by atoms with E-state index in [9.17, 15) is 0 Å². The monoisotopic (exact) mass is 289 g/mol. The van der Waals surface area contributed by atoms with E-state index in [-0.39, 0.29) is 0 Å². The van der Waals surface area contributed by atoms with Gasteiger partial charge in [0.15, 0.2) is 5.69 Å². The number of thiophene rings is 1. The van der Waals surface area contributed by atoms with Crippen molar-refractivity contribution in [3.8, 4) is 6.07 Å². The van der Waals surface area contributed by atoms with Crippen LogP contribution in [0.2, 0.25) is 5.02 Å². The predicted octanol–water partition coefficient (Wildman–Crippen LogP) is 3.84. The number of nitrogens with zero attached hydrogens (tertiary/aromatic N) is 3. The number of nitriles is 1. The summed E-state index contributed by atoms with van der Waals surface area (Å²) in [6, 6.07) is 10.4. The van der Waals surface area contributed by atoms with Gasteiger partial charge >= 0.3 is 0 Å². The number of hydrogen-bond acceptors (Lipinski definition) is 4. The Balaban J connectivity index is 1.90. The minimum atomic E-state index is 0.302. The molecule has 1 fully saturated rings. The van der Waals surface area contributed by atoms with Crippen molar-refractivity contribution in [2.45, 2.75) is 25.4 Å². The predicted molar refractivity (Wildman–Crippen MR) is 77.5 cm³/mol. The summed E-state index contributed by atoms with van der Waals surface area (Å²) in [6.07, 6.45) is 2.38. The van der Waals surface area contributed by atoms with Crippen molar-refractivity contribution in [1.82, 2.24) is 4.98 Å². The SMILES string of the molecule is N#Cc1nc(N(Cc2cccs2)C2CC2)ccc1Cl. The van der Waals surface area contributed by atoms with E-state index in [1.165, 1.54) is 17.7 Å². The molecule has 5 heteroatoms. The third kappa shape index (κ3) is 2.73. The largest absolute Gasteiger partial charge is 0.348 e. The van der Waals surface area contributed by atoms with E-state index in [4.69, 9.17) is 16.9 Å². The Kier molecular flexibility index (Phi) is 3.41. The van der Waals surface area contributed by atoms with E-state index in [1.54, 1.807) is 17.4 Å². The molecule has 0 saturated heterocycles. The molecule has 0 amide bonds. The second-order valence-electron chi connectivity index (χ2n) is 4.55. The first-order valence-corrected chi connectivity index (χ1v) is 7.39. The Hall–Kier alpha value is -1.57. The number of aromatic nitrogens is 1. The van der Waals surface area contributed by atoms with Gasteiger partial charge in [0.05, 0.1) is 11.6 Å². The molecule has 19 heavy (non-hydrogen) atoms. The van der Waals surface area contributed by atoms with Crippen LogP contribution in [0.4, 0.5) is 5.82 Å². The molecule has 0 atom stereocenters. The highest BCUT2D eigenvalue weighted by molar-refractivity contribution is 7.09. The van der Waals surface area contributed by atoms with Crippen LogP contribution in [0.25, 0.3) is 0 Å². The molecular formula is C14H12ClN3S. The van der Waals surface area contributed by atoms with Crippen molar-refractivity contribution in [1.29, 1.82) is 5.26 Å². The second-order valence-corrected chi connectivity index (χ2v) is 5.99. The maximum Gasteiger partial charge on any atom is 0.161 e. The van der Waals surface area contributed by atoms with Crippen LogP contribution in [0.15, 0.2) is 29.6 Å². The number of rotatable bonds is 4. The molecule has 0 bridgehead atoms. The first-order valence-electron chi connectivity index (χ1n) is 6.13. The van der Waals surface area contributed by atoms with E-state index >= 15 is 0 Å². The summed E-state index contributed by atoms with van der Waals surface area (Å²) in [6.45, 7) is 0.849. The zero-order valence-electron chi connectivity index (χ0n) is 10.2. The van der Waals surface area contributed by atoms with Gasteiger partial charge in [0.1, 0.15) is 11.9 Å². The lowest BCUT2D eigenvalue weighted by molar-refractivity contribution is 0.785. The maximum atomic E-state index is 9.02. The fourth-order valence-corrected chi connectivity index (χ4v) is 2.87. The van der Waals surface area contributed by atoms with Crippen LogP contribution in [0.1, 0.15) is 23.4 Å². The van der Waals surface area contributed by atoms with Crippen LogP contribution < -0.4 is 4.90 Å². The maximum absolute atomic E-state index is 9.02. The van der Waals surface area contributed by atoms with Gasteiger partial charge in [-0.25, -0.2) is 4.98 Å². The molecule has 0 spiro atoms. The summed E-state index contributed by atoms with van der Waals surface area (Å²) >= 11 is 7.68. The highest BCUT2D eigenvalue weighted by Crippen LogP contribution is 2.33. The lowest BCUT2D eigenvalue weighted by Crippen LogP contribution is -2.25. The van der Waals surface area contributed by atoms with E-state index < -0.39 is 0 Å². The van der Waals surface area contributed by atoms with Gasteiger partial charge in [0.25, 0.3) is 0 Å². The minimum absolute atomic E-state index is 0.302. The summed E-state index contributed by atoms with van der Waals surface area (Å²) in [5.41, 5.74) is 0.302. The van der Waals surface area contributed by atoms with Crippen molar-refractivity contribution in [2.75, 3.05) is 4.90 Å². The van der Waals surface area contributed by atoms with Crippen LogP contribution in [0.3, 0.4) is 0 Å².